The van der Waals surface area contributed by atoms with Crippen LogP contribution in [0.2, 0.25) is 5.15 Å². The molecule has 0 saturated carbocycles. The van der Waals surface area contributed by atoms with E-state index in [1.54, 1.807) is 18.3 Å². The summed E-state index contributed by atoms with van der Waals surface area (Å²) in [4.78, 5) is 16.1. The van der Waals surface area contributed by atoms with Gasteiger partial charge in [-0.3, -0.25) is 4.79 Å². The molecule has 1 atom stereocenters. The van der Waals surface area contributed by atoms with Crippen molar-refractivity contribution in [2.24, 2.45) is 11.0 Å². The van der Waals surface area contributed by atoms with E-state index in [4.69, 9.17) is 16.3 Å². The molecule has 1 aromatic rings. The Kier molecular flexibility index (Phi) is 2.57. The normalized spacial score (nSPS) is 23.6. The highest BCUT2D eigenvalue weighted by molar-refractivity contribution is 6.33. The number of carbonyl (C=O) groups is 1. The predicted octanol–water partition coefficient (Wildman–Crippen LogP) is 1.47. The van der Waals surface area contributed by atoms with Gasteiger partial charge in [-0.25, -0.2) is 4.98 Å². The molecule has 0 N–H and O–H groups in total. The number of hydrogen-bond donors (Lipinski definition) is 0. The zero-order valence-corrected chi connectivity index (χ0v) is 9.72. The van der Waals surface area contributed by atoms with Crippen molar-refractivity contribution in [3.63, 3.8) is 0 Å². The third kappa shape index (κ3) is 1.71. The smallest absolute Gasteiger partial charge is 0.258 e. The molecule has 0 aromatic carbocycles. The van der Waals surface area contributed by atoms with E-state index in [-0.39, 0.29) is 17.0 Å². The second kappa shape index (κ2) is 4.09. The number of halogens is 1. The van der Waals surface area contributed by atoms with Gasteiger partial charge in [0.25, 0.3) is 5.91 Å². The van der Waals surface area contributed by atoms with Crippen molar-refractivity contribution in [1.82, 2.24) is 4.98 Å². The van der Waals surface area contributed by atoms with E-state index < -0.39 is 0 Å². The first kappa shape index (κ1) is 10.7. The summed E-state index contributed by atoms with van der Waals surface area (Å²) in [6, 6.07) is 3.46. The summed E-state index contributed by atoms with van der Waals surface area (Å²) in [5, 5.41) is 5.94. The summed E-state index contributed by atoms with van der Waals surface area (Å²) in [7, 11) is 0. The molecule has 0 spiro atoms. The van der Waals surface area contributed by atoms with Crippen LogP contribution in [0.5, 0.6) is 0 Å². The van der Waals surface area contributed by atoms with Crippen LogP contribution in [-0.2, 0) is 9.53 Å². The van der Waals surface area contributed by atoms with Gasteiger partial charge in [-0.15, -0.1) is 0 Å². The number of nitrogens with zero attached hydrogens (tertiary/aromatic N) is 3. The number of hydrogen-bond acceptors (Lipinski definition) is 4. The van der Waals surface area contributed by atoms with Crippen LogP contribution in [0.1, 0.15) is 6.42 Å². The molecular weight excluding hydrogens is 242 g/mol. The van der Waals surface area contributed by atoms with Gasteiger partial charge < -0.3 is 4.74 Å². The highest BCUT2D eigenvalue weighted by Gasteiger charge is 2.39. The van der Waals surface area contributed by atoms with E-state index in [0.29, 0.717) is 25.3 Å². The fraction of sp³-hybridized carbons (Fsp3) is 0.364. The maximum absolute atomic E-state index is 12.1. The maximum Gasteiger partial charge on any atom is 0.258 e. The maximum atomic E-state index is 12.1. The number of rotatable bonds is 1. The lowest BCUT2D eigenvalue weighted by Gasteiger charge is -2.17. The van der Waals surface area contributed by atoms with Crippen molar-refractivity contribution in [2.75, 3.05) is 18.2 Å². The van der Waals surface area contributed by atoms with Gasteiger partial charge in [-0.1, -0.05) is 11.6 Å². The molecule has 1 saturated heterocycles. The van der Waals surface area contributed by atoms with Crippen LogP contribution in [-0.4, -0.2) is 29.8 Å². The van der Waals surface area contributed by atoms with Gasteiger partial charge >= 0.3 is 0 Å². The van der Waals surface area contributed by atoms with Gasteiger partial charge in [-0.05, 0) is 12.1 Å². The zero-order chi connectivity index (χ0) is 11.8. The number of amides is 1. The molecule has 2 aliphatic rings. The van der Waals surface area contributed by atoms with Crippen LogP contribution >= 0.6 is 11.6 Å². The standard InChI is InChI=1S/C11H10ClN3O2/c12-10-9(2-1-4-13-10)15-11(16)7-6-17-5-3-8(7)14-15/h1-2,4,7H,3,5-6H2. The summed E-state index contributed by atoms with van der Waals surface area (Å²) >= 11 is 5.96. The molecule has 3 rings (SSSR count). The Morgan fingerprint density at radius 1 is 1.53 bits per heavy atom. The first-order valence-electron chi connectivity index (χ1n) is 5.37. The number of anilines is 1. The molecule has 0 bridgehead atoms. The molecule has 1 unspecified atom stereocenters. The molecule has 0 radical (unpaired) electrons. The Morgan fingerprint density at radius 3 is 3.18 bits per heavy atom. The molecule has 1 fully saturated rings. The molecule has 1 aromatic heterocycles. The Labute approximate surface area is 103 Å². The quantitative estimate of drug-likeness (QED) is 0.711. The monoisotopic (exact) mass is 251 g/mol. The minimum atomic E-state index is -0.250. The minimum absolute atomic E-state index is 0.0883. The minimum Gasteiger partial charge on any atom is -0.380 e. The third-order valence-corrected chi connectivity index (χ3v) is 3.18. The van der Waals surface area contributed by atoms with Crippen LogP contribution in [0.3, 0.4) is 0 Å². The third-order valence-electron chi connectivity index (χ3n) is 2.89. The van der Waals surface area contributed by atoms with Gasteiger partial charge in [0, 0.05) is 12.6 Å². The number of aromatic nitrogens is 1. The number of fused-ring (bicyclic) bond motifs is 1. The van der Waals surface area contributed by atoms with Gasteiger partial charge in [0.15, 0.2) is 5.15 Å². The summed E-state index contributed by atoms with van der Waals surface area (Å²) in [6.07, 6.45) is 2.28. The molecule has 5 nitrogen and oxygen atoms in total. The summed E-state index contributed by atoms with van der Waals surface area (Å²) in [5.41, 5.74) is 1.40. The van der Waals surface area contributed by atoms with Crippen molar-refractivity contribution >= 4 is 28.9 Å². The average Bonchev–Trinajstić information content (AvgIpc) is 2.68. The number of hydrazone groups is 1. The molecule has 3 heterocycles. The molecule has 2 aliphatic heterocycles. The fourth-order valence-electron chi connectivity index (χ4n) is 2.02. The largest absolute Gasteiger partial charge is 0.380 e. The fourth-order valence-corrected chi connectivity index (χ4v) is 2.21. The van der Waals surface area contributed by atoms with E-state index >= 15 is 0 Å². The van der Waals surface area contributed by atoms with Crippen molar-refractivity contribution in [1.29, 1.82) is 0 Å². The van der Waals surface area contributed by atoms with Crippen molar-refractivity contribution in [3.05, 3.63) is 23.5 Å². The van der Waals surface area contributed by atoms with Crippen LogP contribution in [0.4, 0.5) is 5.69 Å². The van der Waals surface area contributed by atoms with Gasteiger partial charge in [0.1, 0.15) is 11.6 Å². The zero-order valence-electron chi connectivity index (χ0n) is 8.97. The van der Waals surface area contributed by atoms with Gasteiger partial charge in [0.2, 0.25) is 0 Å². The Bertz CT molecular complexity index is 503. The number of pyridine rings is 1. The summed E-state index contributed by atoms with van der Waals surface area (Å²) in [6.45, 7) is 1.03. The van der Waals surface area contributed by atoms with Gasteiger partial charge in [0.05, 0.1) is 18.9 Å². The van der Waals surface area contributed by atoms with Gasteiger partial charge in [-0.2, -0.15) is 10.1 Å². The molecule has 88 valence electrons. The van der Waals surface area contributed by atoms with E-state index in [1.807, 2.05) is 0 Å². The summed E-state index contributed by atoms with van der Waals surface area (Å²) in [5.74, 6) is -0.338. The lowest BCUT2D eigenvalue weighted by atomic mass is 10.0. The van der Waals surface area contributed by atoms with Crippen LogP contribution in [0.15, 0.2) is 23.4 Å². The first-order valence-corrected chi connectivity index (χ1v) is 5.75. The topological polar surface area (TPSA) is 54.8 Å². The van der Waals surface area contributed by atoms with E-state index in [9.17, 15) is 4.79 Å². The van der Waals surface area contributed by atoms with E-state index in [2.05, 4.69) is 10.1 Å². The van der Waals surface area contributed by atoms with Crippen LogP contribution in [0.25, 0.3) is 0 Å². The second-order valence-electron chi connectivity index (χ2n) is 3.93. The molecule has 1 amide bonds. The van der Waals surface area contributed by atoms with Crippen molar-refractivity contribution in [3.8, 4) is 0 Å². The lowest BCUT2D eigenvalue weighted by Crippen LogP contribution is -2.33. The number of carbonyl (C=O) groups excluding carboxylic acids is 1. The molecule has 17 heavy (non-hydrogen) atoms. The van der Waals surface area contributed by atoms with Crippen molar-refractivity contribution in [2.45, 2.75) is 6.42 Å². The molecule has 0 aliphatic carbocycles. The van der Waals surface area contributed by atoms with Crippen LogP contribution in [0, 0.1) is 5.92 Å². The van der Waals surface area contributed by atoms with Crippen LogP contribution < -0.4 is 5.01 Å². The second-order valence-corrected chi connectivity index (χ2v) is 4.29. The van der Waals surface area contributed by atoms with E-state index in [0.717, 1.165) is 5.71 Å². The SMILES string of the molecule is O=C1C2COCCC2=NN1c1cccnc1Cl. The van der Waals surface area contributed by atoms with Crippen molar-refractivity contribution < 1.29 is 9.53 Å². The summed E-state index contributed by atoms with van der Waals surface area (Å²) < 4.78 is 5.29. The highest BCUT2D eigenvalue weighted by Crippen LogP contribution is 2.30. The molecule has 6 heteroatoms. The molecular formula is C11H10ClN3O2. The Balaban J connectivity index is 1.98. The highest BCUT2D eigenvalue weighted by atomic mass is 35.5. The lowest BCUT2D eigenvalue weighted by molar-refractivity contribution is -0.121. The van der Waals surface area contributed by atoms with E-state index in [1.165, 1.54) is 5.01 Å². The number of ether oxygens (including phenoxy) is 1. The average molecular weight is 252 g/mol. The first-order chi connectivity index (χ1) is 8.27. The Morgan fingerprint density at radius 2 is 2.41 bits per heavy atom. The Hall–Kier alpha value is -1.46. The predicted molar refractivity (Wildman–Crippen MR) is 63.1 cm³/mol.